The van der Waals surface area contributed by atoms with Crippen LogP contribution in [0.4, 0.5) is 0 Å². The maximum Gasteiger partial charge on any atom is 0.189 e. The van der Waals surface area contributed by atoms with Crippen molar-refractivity contribution in [2.45, 2.75) is 91.8 Å². The van der Waals surface area contributed by atoms with Gasteiger partial charge < -0.3 is 9.26 Å². The summed E-state index contributed by atoms with van der Waals surface area (Å²) in [5.41, 5.74) is 0. The molecule has 0 aromatic carbocycles. The molecule has 0 aromatic heterocycles. The van der Waals surface area contributed by atoms with Gasteiger partial charge in [0.05, 0.1) is 6.10 Å². The van der Waals surface area contributed by atoms with Gasteiger partial charge in [-0.25, -0.2) is 9.34 Å². The molecule has 1 heterocycles. The van der Waals surface area contributed by atoms with E-state index in [0.29, 0.717) is 30.8 Å². The summed E-state index contributed by atoms with van der Waals surface area (Å²) in [7, 11) is 2.82. The van der Waals surface area contributed by atoms with Crippen LogP contribution in [0.15, 0.2) is 0 Å². The predicted octanol–water partition coefficient (Wildman–Crippen LogP) is 5.25. The van der Waals surface area contributed by atoms with Gasteiger partial charge in [0.15, 0.2) is 8.45 Å². The first-order chi connectivity index (χ1) is 12.2. The number of hydrogen-bond donors (Lipinski definition) is 0. The van der Waals surface area contributed by atoms with E-state index >= 15 is 0 Å². The average molecular weight is 421 g/mol. The molecule has 1 aliphatic heterocycles. The van der Waals surface area contributed by atoms with Crippen molar-refractivity contribution in [2.75, 3.05) is 18.1 Å². The van der Waals surface area contributed by atoms with Crippen LogP contribution in [0, 0.1) is 12.3 Å². The van der Waals surface area contributed by atoms with E-state index in [1.807, 2.05) is 21.6 Å². The molecule has 0 aromatic rings. The summed E-state index contributed by atoms with van der Waals surface area (Å²) in [4.78, 5) is 0. The highest BCUT2D eigenvalue weighted by Gasteiger charge is 2.39. The van der Waals surface area contributed by atoms with Crippen molar-refractivity contribution in [1.82, 2.24) is 9.34 Å². The second-order valence-electron chi connectivity index (χ2n) is 7.65. The second kappa shape index (κ2) is 12.2. The molecular weight excluding hydrogens is 383 g/mol. The third-order valence-corrected chi connectivity index (χ3v) is 9.59. The average Bonchev–Trinajstić information content (AvgIpc) is 2.52. The third kappa shape index (κ3) is 7.17. The van der Waals surface area contributed by atoms with Gasteiger partial charge in [0, 0.05) is 35.7 Å². The smallest absolute Gasteiger partial charge is 0.189 e. The summed E-state index contributed by atoms with van der Waals surface area (Å²) in [6.07, 6.45) is 5.54. The Morgan fingerprint density at radius 1 is 0.885 bits per heavy atom. The van der Waals surface area contributed by atoms with Crippen LogP contribution in [0.1, 0.15) is 55.4 Å². The molecule has 1 saturated heterocycles. The standard InChI is InChI=1S/C19H37N2O2PS2/c1-10-11-22-18-12-25-26-13-19(18)23-24(20(14(2)3)15(4)5)21(16(6)7)17(8)9/h1,14-19H,11-13H2,2-9H3/t18-,19-/m0/s1. The highest BCUT2D eigenvalue weighted by Crippen LogP contribution is 2.53. The van der Waals surface area contributed by atoms with Gasteiger partial charge in [0.2, 0.25) is 0 Å². The van der Waals surface area contributed by atoms with Crippen LogP contribution >= 0.6 is 30.0 Å². The quantitative estimate of drug-likeness (QED) is 0.272. The molecule has 0 bridgehead atoms. The Labute approximate surface area is 170 Å². The van der Waals surface area contributed by atoms with Crippen LogP contribution in [0.5, 0.6) is 0 Å². The van der Waals surface area contributed by atoms with Gasteiger partial charge in [-0.05, 0) is 55.4 Å². The second-order valence-corrected chi connectivity index (χ2v) is 11.8. The number of hydrogen-bond acceptors (Lipinski definition) is 6. The van der Waals surface area contributed by atoms with Crippen molar-refractivity contribution in [2.24, 2.45) is 0 Å². The zero-order chi connectivity index (χ0) is 19.9. The molecule has 0 saturated carbocycles. The van der Waals surface area contributed by atoms with Crippen molar-refractivity contribution in [3.05, 3.63) is 0 Å². The summed E-state index contributed by atoms with van der Waals surface area (Å²) in [5.74, 6) is 4.46. The normalized spacial score (nSPS) is 21.8. The Morgan fingerprint density at radius 3 is 1.69 bits per heavy atom. The van der Waals surface area contributed by atoms with Crippen molar-refractivity contribution in [1.29, 1.82) is 0 Å². The third-order valence-electron chi connectivity index (χ3n) is 4.08. The fourth-order valence-corrected chi connectivity index (χ4v) is 8.21. The molecule has 1 rings (SSSR count). The minimum absolute atomic E-state index is 0.0599. The Balaban J connectivity index is 3.11. The van der Waals surface area contributed by atoms with Gasteiger partial charge in [0.25, 0.3) is 0 Å². The molecular formula is C19H37N2O2PS2. The van der Waals surface area contributed by atoms with E-state index in [9.17, 15) is 0 Å². The van der Waals surface area contributed by atoms with Crippen molar-refractivity contribution in [3.8, 4) is 12.3 Å². The summed E-state index contributed by atoms with van der Waals surface area (Å²) in [6.45, 7) is 18.4. The van der Waals surface area contributed by atoms with Gasteiger partial charge in [-0.3, -0.25) is 0 Å². The summed E-state index contributed by atoms with van der Waals surface area (Å²) >= 11 is 0. The SMILES string of the molecule is C#CCO[C@H]1CSSC[C@@H]1OP(N(C(C)C)C(C)C)N(C(C)C)C(C)C. The molecule has 4 nitrogen and oxygen atoms in total. The van der Waals surface area contributed by atoms with Gasteiger partial charge in [-0.1, -0.05) is 27.5 Å². The minimum Gasteiger partial charge on any atom is -0.362 e. The molecule has 2 atom stereocenters. The summed E-state index contributed by atoms with van der Waals surface area (Å²) in [5, 5.41) is 0. The van der Waals surface area contributed by atoms with E-state index < -0.39 is 8.45 Å². The van der Waals surface area contributed by atoms with Crippen LogP contribution in [0.3, 0.4) is 0 Å². The molecule has 152 valence electrons. The van der Waals surface area contributed by atoms with Gasteiger partial charge in [0.1, 0.15) is 12.7 Å². The molecule has 0 spiro atoms. The zero-order valence-corrected chi connectivity index (χ0v) is 20.2. The van der Waals surface area contributed by atoms with Crippen LogP contribution in [-0.2, 0) is 9.26 Å². The van der Waals surface area contributed by atoms with Crippen molar-refractivity contribution < 1.29 is 9.26 Å². The molecule has 0 radical (unpaired) electrons. The first-order valence-corrected chi connectivity index (χ1v) is 13.2. The summed E-state index contributed by atoms with van der Waals surface area (Å²) in [6, 6.07) is 1.65. The van der Waals surface area contributed by atoms with Crippen LogP contribution in [0.25, 0.3) is 0 Å². The Kier molecular flexibility index (Phi) is 11.5. The van der Waals surface area contributed by atoms with E-state index in [2.05, 4.69) is 70.7 Å². The van der Waals surface area contributed by atoms with Crippen molar-refractivity contribution >= 4 is 30.0 Å². The molecule has 0 unspecified atom stereocenters. The molecule has 0 aliphatic carbocycles. The first kappa shape index (κ1) is 24.6. The van der Waals surface area contributed by atoms with Crippen LogP contribution in [0.2, 0.25) is 0 Å². The number of nitrogens with zero attached hydrogens (tertiary/aromatic N) is 2. The van der Waals surface area contributed by atoms with Gasteiger partial charge in [-0.2, -0.15) is 0 Å². The van der Waals surface area contributed by atoms with Gasteiger partial charge in [-0.15, -0.1) is 6.42 Å². The molecule has 7 heteroatoms. The van der Waals surface area contributed by atoms with Gasteiger partial charge >= 0.3 is 0 Å². The number of ether oxygens (including phenoxy) is 1. The van der Waals surface area contributed by atoms with Crippen molar-refractivity contribution in [3.63, 3.8) is 0 Å². The largest absolute Gasteiger partial charge is 0.362 e. The predicted molar refractivity (Wildman–Crippen MR) is 120 cm³/mol. The van der Waals surface area contributed by atoms with E-state index in [4.69, 9.17) is 15.7 Å². The lowest BCUT2D eigenvalue weighted by Crippen LogP contribution is -2.46. The fraction of sp³-hybridized carbons (Fsp3) is 0.895. The number of rotatable bonds is 10. The minimum atomic E-state index is -0.897. The Bertz CT molecular complexity index is 408. The topological polar surface area (TPSA) is 24.9 Å². The van der Waals surface area contributed by atoms with E-state index in [1.165, 1.54) is 0 Å². The van der Waals surface area contributed by atoms with Crippen LogP contribution in [-0.4, -0.2) is 63.8 Å². The lowest BCUT2D eigenvalue weighted by Gasteiger charge is -2.47. The maximum absolute atomic E-state index is 6.86. The Morgan fingerprint density at radius 2 is 1.31 bits per heavy atom. The molecule has 0 amide bonds. The molecule has 26 heavy (non-hydrogen) atoms. The van der Waals surface area contributed by atoms with E-state index in [1.54, 1.807) is 0 Å². The highest BCUT2D eigenvalue weighted by molar-refractivity contribution is 8.76. The lowest BCUT2D eigenvalue weighted by atomic mass is 10.2. The fourth-order valence-electron chi connectivity index (χ4n) is 3.19. The zero-order valence-electron chi connectivity index (χ0n) is 17.6. The lowest BCUT2D eigenvalue weighted by molar-refractivity contribution is 0.00737. The van der Waals surface area contributed by atoms with Crippen LogP contribution < -0.4 is 0 Å². The first-order valence-electron chi connectivity index (χ1n) is 9.53. The molecule has 1 aliphatic rings. The Hall–Kier alpha value is 0.530. The molecule has 1 fully saturated rings. The monoisotopic (exact) mass is 420 g/mol. The summed E-state index contributed by atoms with van der Waals surface area (Å²) < 4.78 is 17.8. The van der Waals surface area contributed by atoms with E-state index in [-0.39, 0.29) is 12.2 Å². The highest BCUT2D eigenvalue weighted by atomic mass is 33.1. The maximum atomic E-state index is 6.86. The number of terminal acetylenes is 1. The molecule has 0 N–H and O–H groups in total. The van der Waals surface area contributed by atoms with E-state index in [0.717, 1.165) is 11.5 Å².